The third-order valence-electron chi connectivity index (χ3n) is 5.56. The first-order valence-electron chi connectivity index (χ1n) is 9.28. The van der Waals surface area contributed by atoms with Gasteiger partial charge in [0.15, 0.2) is 0 Å². The maximum atomic E-state index is 13.2. The van der Waals surface area contributed by atoms with Gasteiger partial charge in [-0.1, -0.05) is 56.5 Å². The lowest BCUT2D eigenvalue weighted by molar-refractivity contribution is -0.139. The van der Waals surface area contributed by atoms with Crippen molar-refractivity contribution in [1.82, 2.24) is 4.90 Å². The van der Waals surface area contributed by atoms with Gasteiger partial charge >= 0.3 is 0 Å². The molecule has 2 aliphatic rings. The molecular formula is C20H31ClN2O. The molecule has 134 valence electrons. The summed E-state index contributed by atoms with van der Waals surface area (Å²) in [4.78, 5) is 15.4. The molecule has 1 aromatic rings. The minimum atomic E-state index is -0.214. The van der Waals surface area contributed by atoms with Crippen LogP contribution in [0, 0.1) is 11.8 Å². The normalized spacial score (nSPS) is 20.8. The molecule has 0 saturated heterocycles. The van der Waals surface area contributed by atoms with Crippen LogP contribution in [-0.2, 0) is 4.79 Å². The van der Waals surface area contributed by atoms with E-state index in [1.165, 1.54) is 44.9 Å². The number of rotatable bonds is 6. The first-order valence-corrected chi connectivity index (χ1v) is 9.28. The van der Waals surface area contributed by atoms with E-state index in [9.17, 15) is 4.79 Å². The van der Waals surface area contributed by atoms with Crippen molar-refractivity contribution < 1.29 is 4.79 Å². The smallest absolute Gasteiger partial charge is 0.227 e. The molecule has 2 unspecified atom stereocenters. The number of amides is 1. The Bertz CT molecular complexity index is 512. The Balaban J connectivity index is 0.00000208. The Labute approximate surface area is 152 Å². The van der Waals surface area contributed by atoms with Gasteiger partial charge in [0.1, 0.15) is 0 Å². The van der Waals surface area contributed by atoms with Gasteiger partial charge in [-0.3, -0.25) is 4.79 Å². The Kier molecular flexibility index (Phi) is 7.12. The Hall–Kier alpha value is -1.06. The van der Waals surface area contributed by atoms with Crippen LogP contribution in [-0.4, -0.2) is 23.4 Å². The molecule has 2 N–H and O–H groups in total. The fourth-order valence-electron chi connectivity index (χ4n) is 3.77. The third-order valence-corrected chi connectivity index (χ3v) is 5.56. The molecule has 2 aliphatic carbocycles. The van der Waals surface area contributed by atoms with E-state index in [0.717, 1.165) is 18.0 Å². The first-order chi connectivity index (χ1) is 11.2. The topological polar surface area (TPSA) is 46.3 Å². The lowest BCUT2D eigenvalue weighted by Crippen LogP contribution is -2.47. The Morgan fingerprint density at radius 2 is 1.75 bits per heavy atom. The van der Waals surface area contributed by atoms with Crippen LogP contribution in [0.25, 0.3) is 0 Å². The zero-order chi connectivity index (χ0) is 16.2. The summed E-state index contributed by atoms with van der Waals surface area (Å²) in [6.45, 7) is 2.96. The molecule has 1 aromatic carbocycles. The number of nitrogens with zero attached hydrogens (tertiary/aromatic N) is 1. The van der Waals surface area contributed by atoms with Crippen molar-refractivity contribution in [1.29, 1.82) is 0 Å². The highest BCUT2D eigenvalue weighted by molar-refractivity contribution is 5.85. The van der Waals surface area contributed by atoms with Gasteiger partial charge in [-0.05, 0) is 37.2 Å². The lowest BCUT2D eigenvalue weighted by atomic mass is 9.90. The highest BCUT2D eigenvalue weighted by Crippen LogP contribution is 2.34. The van der Waals surface area contributed by atoms with Gasteiger partial charge in [-0.25, -0.2) is 0 Å². The summed E-state index contributed by atoms with van der Waals surface area (Å²) in [6, 6.07) is 10.3. The standard InChI is InChI=1S/C20H30N2O.ClH/c1-15(19(21)17-8-4-2-5-9-17)20(23)22(14-16-12-13-16)18-10-6-3-7-11-18;/h2,4-5,8-9,15-16,18-19H,3,6-7,10-14,21H2,1H3;1H. The second kappa shape index (κ2) is 8.87. The summed E-state index contributed by atoms with van der Waals surface area (Å²) in [5, 5.41) is 0. The summed E-state index contributed by atoms with van der Waals surface area (Å²) in [7, 11) is 0. The van der Waals surface area contributed by atoms with Crippen LogP contribution in [0.2, 0.25) is 0 Å². The second-order valence-corrected chi connectivity index (χ2v) is 7.45. The van der Waals surface area contributed by atoms with Crippen molar-refractivity contribution in [3.8, 4) is 0 Å². The molecular weight excluding hydrogens is 320 g/mol. The summed E-state index contributed by atoms with van der Waals surface area (Å²) in [6.07, 6.45) is 8.76. The van der Waals surface area contributed by atoms with Crippen LogP contribution < -0.4 is 5.73 Å². The molecule has 3 rings (SSSR count). The molecule has 2 fully saturated rings. The number of halogens is 1. The lowest BCUT2D eigenvalue weighted by Gasteiger charge is -2.37. The van der Waals surface area contributed by atoms with Crippen molar-refractivity contribution in [3.63, 3.8) is 0 Å². The predicted octanol–water partition coefficient (Wildman–Crippen LogP) is 4.32. The van der Waals surface area contributed by atoms with Crippen molar-refractivity contribution in [3.05, 3.63) is 35.9 Å². The molecule has 1 amide bonds. The van der Waals surface area contributed by atoms with Crippen molar-refractivity contribution in [2.75, 3.05) is 6.54 Å². The van der Waals surface area contributed by atoms with E-state index < -0.39 is 0 Å². The molecule has 0 aromatic heterocycles. The summed E-state index contributed by atoms with van der Waals surface area (Å²) >= 11 is 0. The maximum Gasteiger partial charge on any atom is 0.227 e. The molecule has 2 atom stereocenters. The predicted molar refractivity (Wildman–Crippen MR) is 101 cm³/mol. The minimum Gasteiger partial charge on any atom is -0.339 e. The van der Waals surface area contributed by atoms with Crippen LogP contribution in [0.1, 0.15) is 63.5 Å². The number of benzene rings is 1. The molecule has 0 radical (unpaired) electrons. The number of hydrogen-bond acceptors (Lipinski definition) is 2. The second-order valence-electron chi connectivity index (χ2n) is 7.45. The number of carbonyl (C=O) groups is 1. The van der Waals surface area contributed by atoms with Crippen molar-refractivity contribution in [2.24, 2.45) is 17.6 Å². The maximum absolute atomic E-state index is 13.2. The van der Waals surface area contributed by atoms with E-state index in [-0.39, 0.29) is 30.3 Å². The number of carbonyl (C=O) groups excluding carboxylic acids is 1. The van der Waals surface area contributed by atoms with Gasteiger partial charge in [0.05, 0.1) is 5.92 Å². The number of nitrogens with two attached hydrogens (primary N) is 1. The van der Waals surface area contributed by atoms with Gasteiger partial charge in [-0.2, -0.15) is 0 Å². The Morgan fingerprint density at radius 1 is 1.12 bits per heavy atom. The third kappa shape index (κ3) is 4.73. The highest BCUT2D eigenvalue weighted by Gasteiger charge is 2.35. The van der Waals surface area contributed by atoms with Crippen molar-refractivity contribution >= 4 is 18.3 Å². The van der Waals surface area contributed by atoms with Gasteiger partial charge in [0, 0.05) is 18.6 Å². The van der Waals surface area contributed by atoms with Crippen LogP contribution in [0.4, 0.5) is 0 Å². The van der Waals surface area contributed by atoms with Gasteiger partial charge in [-0.15, -0.1) is 12.4 Å². The summed E-state index contributed by atoms with van der Waals surface area (Å²) < 4.78 is 0. The molecule has 0 bridgehead atoms. The quantitative estimate of drug-likeness (QED) is 0.830. The Morgan fingerprint density at radius 3 is 2.33 bits per heavy atom. The van der Waals surface area contributed by atoms with Crippen LogP contribution in [0.15, 0.2) is 30.3 Å². The summed E-state index contributed by atoms with van der Waals surface area (Å²) in [5.74, 6) is 0.847. The summed E-state index contributed by atoms with van der Waals surface area (Å²) in [5.41, 5.74) is 7.46. The molecule has 0 spiro atoms. The van der Waals surface area contributed by atoms with E-state index in [2.05, 4.69) is 4.90 Å². The van der Waals surface area contributed by atoms with Crippen LogP contribution >= 0.6 is 12.4 Å². The number of hydrogen-bond donors (Lipinski definition) is 1. The van der Waals surface area contributed by atoms with E-state index in [1.54, 1.807) is 0 Å². The van der Waals surface area contributed by atoms with E-state index >= 15 is 0 Å². The fourth-order valence-corrected chi connectivity index (χ4v) is 3.77. The van der Waals surface area contributed by atoms with Gasteiger partial charge in [0.2, 0.25) is 5.91 Å². The van der Waals surface area contributed by atoms with Crippen LogP contribution in [0.3, 0.4) is 0 Å². The van der Waals surface area contributed by atoms with Gasteiger partial charge in [0.25, 0.3) is 0 Å². The monoisotopic (exact) mass is 350 g/mol. The van der Waals surface area contributed by atoms with E-state index in [1.807, 2.05) is 37.3 Å². The van der Waals surface area contributed by atoms with E-state index in [4.69, 9.17) is 5.73 Å². The minimum absolute atomic E-state index is 0. The average Bonchev–Trinajstić information content (AvgIpc) is 3.43. The molecule has 0 heterocycles. The van der Waals surface area contributed by atoms with Crippen molar-refractivity contribution in [2.45, 2.75) is 64.0 Å². The first kappa shape index (κ1) is 19.3. The SMILES string of the molecule is CC(C(=O)N(CC1CC1)C1CCCCC1)C(N)c1ccccc1.Cl. The van der Waals surface area contributed by atoms with Crippen LogP contribution in [0.5, 0.6) is 0 Å². The zero-order valence-corrected chi connectivity index (χ0v) is 15.5. The van der Waals surface area contributed by atoms with E-state index in [0.29, 0.717) is 6.04 Å². The molecule has 24 heavy (non-hydrogen) atoms. The molecule has 3 nitrogen and oxygen atoms in total. The molecule has 4 heteroatoms. The average molecular weight is 351 g/mol. The fraction of sp³-hybridized carbons (Fsp3) is 0.650. The highest BCUT2D eigenvalue weighted by atomic mass is 35.5. The largest absolute Gasteiger partial charge is 0.339 e. The molecule has 0 aliphatic heterocycles. The molecule has 2 saturated carbocycles. The van der Waals surface area contributed by atoms with Gasteiger partial charge < -0.3 is 10.6 Å². The zero-order valence-electron chi connectivity index (χ0n) is 14.7.